The fourth-order valence-electron chi connectivity index (χ4n) is 2.46. The predicted octanol–water partition coefficient (Wildman–Crippen LogP) is 3.61. The predicted molar refractivity (Wildman–Crippen MR) is 91.3 cm³/mol. The lowest BCUT2D eigenvalue weighted by Gasteiger charge is -2.12. The van der Waals surface area contributed by atoms with E-state index in [1.807, 2.05) is 31.3 Å². The Labute approximate surface area is 139 Å². The van der Waals surface area contributed by atoms with E-state index in [1.54, 1.807) is 0 Å². The van der Waals surface area contributed by atoms with E-state index in [0.29, 0.717) is 19.0 Å². The molecule has 1 aromatic heterocycles. The third kappa shape index (κ3) is 5.79. The Hall–Kier alpha value is -2.18. The molecule has 1 aromatic carbocycles. The minimum absolute atomic E-state index is 0.169. The number of aryl methyl sites for hydroxylation is 1. The zero-order valence-corrected chi connectivity index (χ0v) is 13.7. The number of para-hydroxylation sites is 1. The standard InChI is InChI=1S/C17H23F3N4/c1-2-21-16(23-11-9-17(18,19)20)22-10-5-6-13-12-24-15-8-4-3-7-14(13)15/h3-4,7-8,12,24H,2,5-6,9-11H2,1H3,(H2,21,22,23). The quantitative estimate of drug-likeness (QED) is 0.410. The van der Waals surface area contributed by atoms with Crippen molar-refractivity contribution in [2.45, 2.75) is 32.4 Å². The summed E-state index contributed by atoms with van der Waals surface area (Å²) >= 11 is 0. The van der Waals surface area contributed by atoms with Crippen molar-refractivity contribution in [3.8, 4) is 0 Å². The molecule has 0 radical (unpaired) electrons. The molecule has 0 aliphatic carbocycles. The Morgan fingerprint density at radius 2 is 2.00 bits per heavy atom. The van der Waals surface area contributed by atoms with Crippen LogP contribution in [-0.4, -0.2) is 36.8 Å². The number of aromatic amines is 1. The van der Waals surface area contributed by atoms with E-state index in [2.05, 4.69) is 26.7 Å². The summed E-state index contributed by atoms with van der Waals surface area (Å²) in [5.41, 5.74) is 2.34. The highest BCUT2D eigenvalue weighted by atomic mass is 19.4. The van der Waals surface area contributed by atoms with Crippen LogP contribution in [0, 0.1) is 0 Å². The molecule has 0 unspecified atom stereocenters. The number of hydrogen-bond donors (Lipinski definition) is 3. The molecule has 2 rings (SSSR count). The van der Waals surface area contributed by atoms with E-state index in [0.717, 1.165) is 18.4 Å². The number of nitrogens with zero attached hydrogens (tertiary/aromatic N) is 1. The first-order valence-corrected chi connectivity index (χ1v) is 8.13. The number of hydrogen-bond acceptors (Lipinski definition) is 1. The fourth-order valence-corrected chi connectivity index (χ4v) is 2.46. The molecule has 3 N–H and O–H groups in total. The van der Waals surface area contributed by atoms with E-state index >= 15 is 0 Å². The number of halogens is 3. The lowest BCUT2D eigenvalue weighted by molar-refractivity contribution is -0.132. The van der Waals surface area contributed by atoms with Crippen LogP contribution >= 0.6 is 0 Å². The highest BCUT2D eigenvalue weighted by Gasteiger charge is 2.26. The van der Waals surface area contributed by atoms with Crippen LogP contribution in [0.1, 0.15) is 25.3 Å². The van der Waals surface area contributed by atoms with Gasteiger partial charge in [0, 0.05) is 36.7 Å². The molecule has 0 bridgehead atoms. The Morgan fingerprint density at radius 1 is 1.21 bits per heavy atom. The summed E-state index contributed by atoms with van der Waals surface area (Å²) in [6, 6.07) is 8.10. The van der Waals surface area contributed by atoms with Gasteiger partial charge in [0.1, 0.15) is 0 Å². The van der Waals surface area contributed by atoms with Crippen molar-refractivity contribution < 1.29 is 13.2 Å². The van der Waals surface area contributed by atoms with Gasteiger partial charge in [0.2, 0.25) is 0 Å². The van der Waals surface area contributed by atoms with Crippen LogP contribution in [0.5, 0.6) is 0 Å². The summed E-state index contributed by atoms with van der Waals surface area (Å²) in [5.74, 6) is 0.431. The summed E-state index contributed by atoms with van der Waals surface area (Å²) in [4.78, 5) is 7.56. The molecule has 1 heterocycles. The number of benzene rings is 1. The van der Waals surface area contributed by atoms with Gasteiger partial charge in [-0.15, -0.1) is 0 Å². The maximum atomic E-state index is 12.2. The number of fused-ring (bicyclic) bond motifs is 1. The number of aromatic nitrogens is 1. The molecular formula is C17H23F3N4. The van der Waals surface area contributed by atoms with Gasteiger partial charge in [0.05, 0.1) is 6.42 Å². The number of guanidine groups is 1. The van der Waals surface area contributed by atoms with Gasteiger partial charge >= 0.3 is 6.18 Å². The number of H-pyrrole nitrogens is 1. The number of aliphatic imine (C=N–C) groups is 1. The minimum atomic E-state index is -4.15. The fraction of sp³-hybridized carbons (Fsp3) is 0.471. The van der Waals surface area contributed by atoms with Crippen molar-refractivity contribution in [2.75, 3.05) is 19.6 Å². The van der Waals surface area contributed by atoms with Crippen LogP contribution in [0.25, 0.3) is 10.9 Å². The van der Waals surface area contributed by atoms with Crippen molar-refractivity contribution in [1.82, 2.24) is 15.6 Å². The second-order valence-electron chi connectivity index (χ2n) is 5.52. The average Bonchev–Trinajstić information content (AvgIpc) is 2.93. The van der Waals surface area contributed by atoms with Gasteiger partial charge in [-0.2, -0.15) is 13.2 Å². The second-order valence-corrected chi connectivity index (χ2v) is 5.52. The normalized spacial score (nSPS) is 12.6. The topological polar surface area (TPSA) is 52.2 Å². The van der Waals surface area contributed by atoms with Crippen LogP contribution in [-0.2, 0) is 6.42 Å². The Bertz CT molecular complexity index is 661. The summed E-state index contributed by atoms with van der Waals surface area (Å²) in [6.45, 7) is 2.88. The molecule has 0 aliphatic rings. The molecule has 132 valence electrons. The van der Waals surface area contributed by atoms with E-state index in [1.165, 1.54) is 10.9 Å². The molecule has 0 aliphatic heterocycles. The summed E-state index contributed by atoms with van der Waals surface area (Å²) in [6.07, 6.45) is -1.32. The molecule has 2 aromatic rings. The van der Waals surface area contributed by atoms with Gasteiger partial charge in [-0.05, 0) is 31.4 Å². The molecule has 0 fully saturated rings. The third-order valence-corrected chi connectivity index (χ3v) is 3.59. The van der Waals surface area contributed by atoms with Gasteiger partial charge < -0.3 is 15.6 Å². The lowest BCUT2D eigenvalue weighted by Crippen LogP contribution is -2.39. The zero-order chi connectivity index (χ0) is 17.4. The largest absolute Gasteiger partial charge is 0.390 e. The highest BCUT2D eigenvalue weighted by Crippen LogP contribution is 2.19. The smallest absolute Gasteiger partial charge is 0.361 e. The maximum Gasteiger partial charge on any atom is 0.390 e. The highest BCUT2D eigenvalue weighted by molar-refractivity contribution is 5.83. The summed E-state index contributed by atoms with van der Waals surface area (Å²) < 4.78 is 36.5. The molecule has 0 spiro atoms. The van der Waals surface area contributed by atoms with Gasteiger partial charge in [-0.1, -0.05) is 18.2 Å². The van der Waals surface area contributed by atoms with Crippen molar-refractivity contribution in [3.63, 3.8) is 0 Å². The minimum Gasteiger partial charge on any atom is -0.361 e. The SMILES string of the molecule is CCNC(=NCCCc1c[nH]c2ccccc12)NCCC(F)(F)F. The van der Waals surface area contributed by atoms with Crippen LogP contribution < -0.4 is 10.6 Å². The summed E-state index contributed by atoms with van der Waals surface area (Å²) in [5, 5.41) is 6.88. The van der Waals surface area contributed by atoms with Gasteiger partial charge in [0.25, 0.3) is 0 Å². The van der Waals surface area contributed by atoms with Gasteiger partial charge in [0.15, 0.2) is 5.96 Å². The first-order chi connectivity index (χ1) is 11.5. The molecule has 24 heavy (non-hydrogen) atoms. The average molecular weight is 340 g/mol. The Kier molecular flexibility index (Phi) is 6.52. The van der Waals surface area contributed by atoms with Crippen molar-refractivity contribution in [2.24, 2.45) is 4.99 Å². The Balaban J connectivity index is 1.81. The molecule has 0 saturated heterocycles. The van der Waals surface area contributed by atoms with E-state index in [9.17, 15) is 13.2 Å². The molecule has 4 nitrogen and oxygen atoms in total. The first kappa shape index (κ1) is 18.2. The van der Waals surface area contributed by atoms with Crippen LogP contribution in [0.2, 0.25) is 0 Å². The molecule has 0 amide bonds. The van der Waals surface area contributed by atoms with E-state index in [-0.39, 0.29) is 6.54 Å². The van der Waals surface area contributed by atoms with Gasteiger partial charge in [-0.25, -0.2) is 0 Å². The zero-order valence-electron chi connectivity index (χ0n) is 13.7. The molecule has 0 atom stereocenters. The third-order valence-electron chi connectivity index (χ3n) is 3.59. The van der Waals surface area contributed by atoms with E-state index in [4.69, 9.17) is 0 Å². The molecule has 7 heteroatoms. The maximum absolute atomic E-state index is 12.2. The monoisotopic (exact) mass is 340 g/mol. The molecule has 0 saturated carbocycles. The van der Waals surface area contributed by atoms with E-state index < -0.39 is 12.6 Å². The van der Waals surface area contributed by atoms with Crippen LogP contribution in [0.4, 0.5) is 13.2 Å². The van der Waals surface area contributed by atoms with Crippen molar-refractivity contribution >= 4 is 16.9 Å². The van der Waals surface area contributed by atoms with Crippen molar-refractivity contribution in [1.29, 1.82) is 0 Å². The lowest BCUT2D eigenvalue weighted by atomic mass is 10.1. The van der Waals surface area contributed by atoms with Crippen LogP contribution in [0.3, 0.4) is 0 Å². The second kappa shape index (κ2) is 8.61. The first-order valence-electron chi connectivity index (χ1n) is 8.13. The summed E-state index contributed by atoms with van der Waals surface area (Å²) in [7, 11) is 0. The molecular weight excluding hydrogens is 317 g/mol. The number of rotatable bonds is 7. The number of nitrogens with one attached hydrogen (secondary N) is 3. The van der Waals surface area contributed by atoms with Crippen LogP contribution in [0.15, 0.2) is 35.5 Å². The van der Waals surface area contributed by atoms with Crippen molar-refractivity contribution in [3.05, 3.63) is 36.0 Å². The Morgan fingerprint density at radius 3 is 2.75 bits per heavy atom. The number of alkyl halides is 3. The van der Waals surface area contributed by atoms with Gasteiger partial charge in [-0.3, -0.25) is 4.99 Å².